The van der Waals surface area contributed by atoms with E-state index in [9.17, 15) is 4.79 Å². The Morgan fingerprint density at radius 1 is 1.43 bits per heavy atom. The largest absolute Gasteiger partial charge is 0.465 e. The van der Waals surface area contributed by atoms with Crippen LogP contribution in [0.1, 0.15) is 20.8 Å². The molecule has 0 fully saturated rings. The molecular weight excluding hydrogens is 182 g/mol. The first-order chi connectivity index (χ1) is 6.66. The van der Waals surface area contributed by atoms with Crippen LogP contribution in [0.25, 0.3) is 0 Å². The summed E-state index contributed by atoms with van der Waals surface area (Å²) in [6.07, 6.45) is 0. The van der Waals surface area contributed by atoms with Crippen molar-refractivity contribution in [2.45, 2.75) is 20.8 Å². The lowest BCUT2D eigenvalue weighted by molar-refractivity contribution is -0.142. The van der Waals surface area contributed by atoms with E-state index in [2.05, 4.69) is 19.2 Å². The fourth-order valence-corrected chi connectivity index (χ4v) is 0.866. The van der Waals surface area contributed by atoms with Crippen molar-refractivity contribution in [1.82, 2.24) is 5.32 Å². The standard InChI is InChI=1S/C10H21NO3/c1-4-14-10(12)7-11-5-6-13-8-9(2)3/h9,11H,4-8H2,1-3H3. The summed E-state index contributed by atoms with van der Waals surface area (Å²) < 4.78 is 10.1. The van der Waals surface area contributed by atoms with Gasteiger partial charge in [0.2, 0.25) is 0 Å². The van der Waals surface area contributed by atoms with E-state index in [0.29, 0.717) is 25.7 Å². The van der Waals surface area contributed by atoms with E-state index in [-0.39, 0.29) is 12.5 Å². The van der Waals surface area contributed by atoms with Gasteiger partial charge in [0.25, 0.3) is 0 Å². The summed E-state index contributed by atoms with van der Waals surface area (Å²) in [5.41, 5.74) is 0. The number of nitrogens with one attached hydrogen (secondary N) is 1. The minimum atomic E-state index is -0.212. The fraction of sp³-hybridized carbons (Fsp3) is 0.900. The van der Waals surface area contributed by atoms with Gasteiger partial charge in [0.1, 0.15) is 0 Å². The smallest absolute Gasteiger partial charge is 0.319 e. The van der Waals surface area contributed by atoms with Crippen molar-refractivity contribution < 1.29 is 14.3 Å². The number of carbonyl (C=O) groups excluding carboxylic acids is 1. The minimum Gasteiger partial charge on any atom is -0.465 e. The molecule has 0 aromatic carbocycles. The summed E-state index contributed by atoms with van der Waals surface area (Å²) in [5, 5.41) is 2.94. The van der Waals surface area contributed by atoms with E-state index >= 15 is 0 Å². The third kappa shape index (κ3) is 9.48. The Kier molecular flexibility index (Phi) is 8.57. The zero-order chi connectivity index (χ0) is 10.8. The first-order valence-corrected chi connectivity index (χ1v) is 5.10. The molecule has 0 radical (unpaired) electrons. The van der Waals surface area contributed by atoms with Gasteiger partial charge in [-0.1, -0.05) is 13.8 Å². The average Bonchev–Trinajstić information content (AvgIpc) is 2.11. The molecule has 0 unspecified atom stereocenters. The lowest BCUT2D eigenvalue weighted by Gasteiger charge is -2.07. The minimum absolute atomic E-state index is 0.212. The van der Waals surface area contributed by atoms with Gasteiger partial charge in [-0.15, -0.1) is 0 Å². The lowest BCUT2D eigenvalue weighted by atomic mass is 10.2. The molecule has 4 nitrogen and oxygen atoms in total. The normalized spacial score (nSPS) is 10.6. The highest BCUT2D eigenvalue weighted by Crippen LogP contribution is 1.90. The maximum Gasteiger partial charge on any atom is 0.319 e. The molecule has 1 N–H and O–H groups in total. The van der Waals surface area contributed by atoms with E-state index in [1.165, 1.54) is 0 Å². The Bertz CT molecular complexity index is 148. The van der Waals surface area contributed by atoms with Crippen LogP contribution in [0.3, 0.4) is 0 Å². The van der Waals surface area contributed by atoms with Gasteiger partial charge in [0, 0.05) is 13.2 Å². The van der Waals surface area contributed by atoms with Gasteiger partial charge in [-0.25, -0.2) is 0 Å². The Morgan fingerprint density at radius 2 is 2.14 bits per heavy atom. The van der Waals surface area contributed by atoms with Gasteiger partial charge < -0.3 is 14.8 Å². The maximum atomic E-state index is 10.9. The van der Waals surface area contributed by atoms with Crippen LogP contribution in [0.4, 0.5) is 0 Å². The highest BCUT2D eigenvalue weighted by Gasteiger charge is 1.99. The van der Waals surface area contributed by atoms with Crippen molar-refractivity contribution >= 4 is 5.97 Å². The number of ether oxygens (including phenoxy) is 2. The van der Waals surface area contributed by atoms with Crippen LogP contribution in [0.2, 0.25) is 0 Å². The monoisotopic (exact) mass is 203 g/mol. The molecule has 0 amide bonds. The van der Waals surface area contributed by atoms with Gasteiger partial charge in [-0.05, 0) is 12.8 Å². The first kappa shape index (κ1) is 13.4. The van der Waals surface area contributed by atoms with Gasteiger partial charge in [-0.2, -0.15) is 0 Å². The van der Waals surface area contributed by atoms with Crippen molar-refractivity contribution in [2.24, 2.45) is 5.92 Å². The second-order valence-corrected chi connectivity index (χ2v) is 3.45. The molecule has 0 aromatic heterocycles. The molecule has 0 saturated carbocycles. The summed E-state index contributed by atoms with van der Waals surface area (Å²) in [6.45, 7) is 8.79. The lowest BCUT2D eigenvalue weighted by Crippen LogP contribution is -2.28. The third-order valence-corrected chi connectivity index (χ3v) is 1.45. The maximum absolute atomic E-state index is 10.9. The summed E-state index contributed by atoms with van der Waals surface area (Å²) >= 11 is 0. The molecule has 0 bridgehead atoms. The molecule has 0 aliphatic rings. The molecule has 0 atom stereocenters. The predicted octanol–water partition coefficient (Wildman–Crippen LogP) is 0.812. The molecule has 0 rings (SSSR count). The number of hydrogen-bond donors (Lipinski definition) is 1. The molecule has 0 saturated heterocycles. The molecule has 0 aliphatic heterocycles. The molecule has 0 aromatic rings. The summed E-state index contributed by atoms with van der Waals surface area (Å²) in [7, 11) is 0. The SMILES string of the molecule is CCOC(=O)CNCCOCC(C)C. The van der Waals surface area contributed by atoms with E-state index < -0.39 is 0 Å². The molecule has 4 heteroatoms. The summed E-state index contributed by atoms with van der Waals surface area (Å²) in [4.78, 5) is 10.9. The average molecular weight is 203 g/mol. The van der Waals surface area contributed by atoms with Crippen LogP contribution in [0.15, 0.2) is 0 Å². The molecule has 0 heterocycles. The van der Waals surface area contributed by atoms with Crippen molar-refractivity contribution in [3.8, 4) is 0 Å². The number of esters is 1. The van der Waals surface area contributed by atoms with Crippen molar-refractivity contribution in [1.29, 1.82) is 0 Å². The second-order valence-electron chi connectivity index (χ2n) is 3.45. The van der Waals surface area contributed by atoms with Crippen LogP contribution in [-0.4, -0.2) is 38.9 Å². The first-order valence-electron chi connectivity index (χ1n) is 5.10. The van der Waals surface area contributed by atoms with Gasteiger partial charge in [0.05, 0.1) is 19.8 Å². The number of hydrogen-bond acceptors (Lipinski definition) is 4. The van der Waals surface area contributed by atoms with E-state index in [0.717, 1.165) is 6.61 Å². The quantitative estimate of drug-likeness (QED) is 0.468. The predicted molar refractivity (Wildman–Crippen MR) is 55.2 cm³/mol. The number of carbonyl (C=O) groups is 1. The Morgan fingerprint density at radius 3 is 2.71 bits per heavy atom. The second kappa shape index (κ2) is 8.97. The number of rotatable bonds is 8. The molecule has 84 valence electrons. The Labute approximate surface area is 86.0 Å². The van der Waals surface area contributed by atoms with Crippen LogP contribution in [0.5, 0.6) is 0 Å². The van der Waals surface area contributed by atoms with Crippen molar-refractivity contribution in [2.75, 3.05) is 32.9 Å². The Hall–Kier alpha value is -0.610. The van der Waals surface area contributed by atoms with Crippen LogP contribution >= 0.6 is 0 Å². The van der Waals surface area contributed by atoms with E-state index in [4.69, 9.17) is 9.47 Å². The summed E-state index contributed by atoms with van der Waals surface area (Å²) in [5.74, 6) is 0.344. The zero-order valence-electron chi connectivity index (χ0n) is 9.34. The molecule has 0 aliphatic carbocycles. The van der Waals surface area contributed by atoms with E-state index in [1.54, 1.807) is 6.92 Å². The van der Waals surface area contributed by atoms with Gasteiger partial charge >= 0.3 is 5.97 Å². The molecule has 0 spiro atoms. The Balaban J connectivity index is 3.09. The van der Waals surface area contributed by atoms with Gasteiger partial charge in [-0.3, -0.25) is 4.79 Å². The van der Waals surface area contributed by atoms with Crippen LogP contribution in [0, 0.1) is 5.92 Å². The van der Waals surface area contributed by atoms with Crippen molar-refractivity contribution in [3.63, 3.8) is 0 Å². The summed E-state index contributed by atoms with van der Waals surface area (Å²) in [6, 6.07) is 0. The van der Waals surface area contributed by atoms with Crippen molar-refractivity contribution in [3.05, 3.63) is 0 Å². The van der Waals surface area contributed by atoms with Gasteiger partial charge in [0.15, 0.2) is 0 Å². The van der Waals surface area contributed by atoms with Crippen LogP contribution < -0.4 is 5.32 Å². The zero-order valence-corrected chi connectivity index (χ0v) is 9.34. The third-order valence-electron chi connectivity index (χ3n) is 1.45. The molecular formula is C10H21NO3. The highest BCUT2D eigenvalue weighted by molar-refractivity contribution is 5.71. The van der Waals surface area contributed by atoms with Crippen LogP contribution in [-0.2, 0) is 14.3 Å². The topological polar surface area (TPSA) is 47.6 Å². The highest BCUT2D eigenvalue weighted by atomic mass is 16.5. The van der Waals surface area contributed by atoms with E-state index in [1.807, 2.05) is 0 Å². The molecule has 14 heavy (non-hydrogen) atoms. The fourth-order valence-electron chi connectivity index (χ4n) is 0.866.